The maximum Gasteiger partial charge on any atom is 0.410 e. The molecule has 6 nitrogen and oxygen atoms in total. The van der Waals surface area contributed by atoms with Crippen molar-refractivity contribution in [1.29, 1.82) is 0 Å². The topological polar surface area (TPSA) is 68.2 Å². The van der Waals surface area contributed by atoms with Crippen molar-refractivity contribution in [3.05, 3.63) is 59.2 Å². The fourth-order valence-electron chi connectivity index (χ4n) is 3.38. The first-order valence-electron chi connectivity index (χ1n) is 8.98. The van der Waals surface area contributed by atoms with Crippen LogP contribution in [0.25, 0.3) is 0 Å². The van der Waals surface area contributed by atoms with Gasteiger partial charge in [0.2, 0.25) is 0 Å². The van der Waals surface area contributed by atoms with Crippen molar-refractivity contribution in [2.75, 3.05) is 27.4 Å². The summed E-state index contributed by atoms with van der Waals surface area (Å²) in [5.41, 5.74) is 3.06. The van der Waals surface area contributed by atoms with Gasteiger partial charge in [0.25, 0.3) is 0 Å². The van der Waals surface area contributed by atoms with Crippen LogP contribution in [0.3, 0.4) is 0 Å². The molecule has 0 saturated carbocycles. The number of ether oxygens (including phenoxy) is 3. The summed E-state index contributed by atoms with van der Waals surface area (Å²) < 4.78 is 16.2. The highest BCUT2D eigenvalue weighted by molar-refractivity contribution is 5.68. The molecule has 1 amide bonds. The lowest BCUT2D eigenvalue weighted by Crippen LogP contribution is -2.43. The van der Waals surface area contributed by atoms with Gasteiger partial charge in [-0.3, -0.25) is 0 Å². The van der Waals surface area contributed by atoms with Gasteiger partial charge < -0.3 is 24.2 Å². The highest BCUT2D eigenvalue weighted by Gasteiger charge is 2.29. The van der Waals surface area contributed by atoms with Crippen molar-refractivity contribution < 1.29 is 24.1 Å². The Morgan fingerprint density at radius 3 is 2.41 bits per heavy atom. The van der Waals surface area contributed by atoms with E-state index in [-0.39, 0.29) is 19.3 Å². The van der Waals surface area contributed by atoms with Crippen LogP contribution < -0.4 is 9.47 Å². The number of carbonyl (C=O) groups excluding carboxylic acids is 1. The molecule has 1 heterocycles. The molecule has 2 aromatic rings. The van der Waals surface area contributed by atoms with Crippen LogP contribution in [-0.2, 0) is 24.2 Å². The van der Waals surface area contributed by atoms with E-state index in [4.69, 9.17) is 14.2 Å². The molecular weight excluding hydrogens is 346 g/mol. The highest BCUT2D eigenvalue weighted by Crippen LogP contribution is 2.33. The first-order valence-corrected chi connectivity index (χ1v) is 8.98. The number of aliphatic hydroxyl groups is 1. The van der Waals surface area contributed by atoms with E-state index in [2.05, 4.69) is 0 Å². The van der Waals surface area contributed by atoms with Gasteiger partial charge in [0.15, 0.2) is 11.5 Å². The fourth-order valence-corrected chi connectivity index (χ4v) is 3.38. The van der Waals surface area contributed by atoms with Gasteiger partial charge in [-0.25, -0.2) is 4.79 Å². The summed E-state index contributed by atoms with van der Waals surface area (Å²) in [7, 11) is 3.20. The molecule has 0 aliphatic carbocycles. The molecule has 0 fully saturated rings. The minimum atomic E-state index is -0.412. The van der Waals surface area contributed by atoms with E-state index in [0.29, 0.717) is 30.9 Å². The summed E-state index contributed by atoms with van der Waals surface area (Å²) in [6.45, 7) is 0.554. The Bertz CT molecular complexity index is 778. The lowest BCUT2D eigenvalue weighted by atomic mass is 9.99. The predicted octanol–water partition coefficient (Wildman–Crippen LogP) is 2.80. The van der Waals surface area contributed by atoms with Crippen molar-refractivity contribution in [2.45, 2.75) is 25.5 Å². The summed E-state index contributed by atoms with van der Waals surface area (Å²) >= 11 is 0. The summed E-state index contributed by atoms with van der Waals surface area (Å²) in [5, 5.41) is 9.87. The average Bonchev–Trinajstić information content (AvgIpc) is 2.90. The molecule has 0 saturated heterocycles. The molecule has 0 radical (unpaired) electrons. The molecule has 0 aromatic heterocycles. The van der Waals surface area contributed by atoms with Crippen molar-refractivity contribution in [3.63, 3.8) is 0 Å². The molecule has 2 aromatic carbocycles. The fraction of sp³-hybridized carbons (Fsp3) is 0.381. The summed E-state index contributed by atoms with van der Waals surface area (Å²) in [6.07, 6.45) is 0.781. The van der Waals surface area contributed by atoms with Gasteiger partial charge in [0.1, 0.15) is 6.61 Å². The Labute approximate surface area is 159 Å². The molecule has 1 unspecified atom stereocenters. The second-order valence-corrected chi connectivity index (χ2v) is 6.50. The Hall–Kier alpha value is -2.73. The van der Waals surface area contributed by atoms with E-state index in [1.165, 1.54) is 0 Å². The third-order valence-corrected chi connectivity index (χ3v) is 4.87. The molecule has 3 rings (SSSR count). The van der Waals surface area contributed by atoms with E-state index < -0.39 is 6.09 Å². The Morgan fingerprint density at radius 2 is 1.78 bits per heavy atom. The van der Waals surface area contributed by atoms with Gasteiger partial charge in [-0.05, 0) is 41.7 Å². The Balaban J connectivity index is 1.75. The zero-order chi connectivity index (χ0) is 19.2. The van der Waals surface area contributed by atoms with E-state index in [1.54, 1.807) is 19.1 Å². The van der Waals surface area contributed by atoms with Crippen LogP contribution in [0.2, 0.25) is 0 Å². The quantitative estimate of drug-likeness (QED) is 0.875. The summed E-state index contributed by atoms with van der Waals surface area (Å²) in [4.78, 5) is 14.2. The lowest BCUT2D eigenvalue weighted by molar-refractivity contribution is 0.0664. The van der Waals surface area contributed by atoms with Gasteiger partial charge in [0, 0.05) is 6.54 Å². The van der Waals surface area contributed by atoms with Crippen LogP contribution in [-0.4, -0.2) is 49.5 Å². The van der Waals surface area contributed by atoms with Crippen molar-refractivity contribution in [1.82, 2.24) is 4.90 Å². The Morgan fingerprint density at radius 1 is 1.11 bits per heavy atom. The third-order valence-electron chi connectivity index (χ3n) is 4.87. The summed E-state index contributed by atoms with van der Waals surface area (Å²) in [5.74, 6) is 1.31. The van der Waals surface area contributed by atoms with Crippen LogP contribution in [0.4, 0.5) is 4.79 Å². The van der Waals surface area contributed by atoms with Crippen molar-refractivity contribution >= 4 is 6.09 Å². The average molecular weight is 371 g/mol. The molecule has 1 atom stereocenters. The largest absolute Gasteiger partial charge is 0.493 e. The van der Waals surface area contributed by atoms with Crippen LogP contribution in [0, 0.1) is 0 Å². The Kier molecular flexibility index (Phi) is 6.19. The number of benzene rings is 2. The molecule has 0 bridgehead atoms. The standard InChI is InChI=1S/C21H25NO5/c1-25-19-11-16-8-9-22(18(13-23)10-17(16)12-20(19)26-2)21(24)27-14-15-6-4-3-5-7-15/h3-7,11-12,18,23H,8-10,13-14H2,1-2H3. The van der Waals surface area contributed by atoms with Gasteiger partial charge in [-0.15, -0.1) is 0 Å². The molecule has 1 N–H and O–H groups in total. The minimum absolute atomic E-state index is 0.131. The SMILES string of the molecule is COc1cc2c(cc1OC)CC(CO)N(C(=O)OCc1ccccc1)CC2. The molecule has 27 heavy (non-hydrogen) atoms. The third kappa shape index (κ3) is 4.34. The number of carbonyl (C=O) groups is 1. The minimum Gasteiger partial charge on any atom is -0.493 e. The first kappa shape index (κ1) is 19.0. The second-order valence-electron chi connectivity index (χ2n) is 6.50. The monoisotopic (exact) mass is 371 g/mol. The highest BCUT2D eigenvalue weighted by atomic mass is 16.6. The molecule has 144 valence electrons. The first-order chi connectivity index (χ1) is 13.2. The molecule has 1 aliphatic heterocycles. The number of hydrogen-bond acceptors (Lipinski definition) is 5. The van der Waals surface area contributed by atoms with E-state index in [1.807, 2.05) is 42.5 Å². The number of methoxy groups -OCH3 is 2. The zero-order valence-electron chi connectivity index (χ0n) is 15.7. The molecule has 1 aliphatic rings. The number of fused-ring (bicyclic) bond motifs is 1. The van der Waals surface area contributed by atoms with Crippen LogP contribution >= 0.6 is 0 Å². The molecule has 6 heteroatoms. The van der Waals surface area contributed by atoms with E-state index in [0.717, 1.165) is 16.7 Å². The number of aliphatic hydroxyl groups excluding tert-OH is 1. The van der Waals surface area contributed by atoms with Crippen LogP contribution in [0.5, 0.6) is 11.5 Å². The molecular formula is C21H25NO5. The van der Waals surface area contributed by atoms with Gasteiger partial charge in [-0.2, -0.15) is 0 Å². The van der Waals surface area contributed by atoms with Gasteiger partial charge >= 0.3 is 6.09 Å². The smallest absolute Gasteiger partial charge is 0.410 e. The van der Waals surface area contributed by atoms with Gasteiger partial charge in [-0.1, -0.05) is 30.3 Å². The second kappa shape index (κ2) is 8.77. The molecule has 0 spiro atoms. The zero-order valence-corrected chi connectivity index (χ0v) is 15.7. The van der Waals surface area contributed by atoms with Crippen LogP contribution in [0.15, 0.2) is 42.5 Å². The number of rotatable bonds is 5. The predicted molar refractivity (Wildman–Crippen MR) is 101 cm³/mol. The number of amides is 1. The van der Waals surface area contributed by atoms with E-state index in [9.17, 15) is 9.90 Å². The van der Waals surface area contributed by atoms with Crippen molar-refractivity contribution in [2.24, 2.45) is 0 Å². The lowest BCUT2D eigenvalue weighted by Gasteiger charge is -2.27. The maximum atomic E-state index is 12.6. The van der Waals surface area contributed by atoms with Gasteiger partial charge in [0.05, 0.1) is 26.9 Å². The van der Waals surface area contributed by atoms with Crippen molar-refractivity contribution in [3.8, 4) is 11.5 Å². The normalized spacial score (nSPS) is 16.3. The number of hydrogen-bond donors (Lipinski definition) is 1. The number of nitrogens with zero attached hydrogens (tertiary/aromatic N) is 1. The maximum absolute atomic E-state index is 12.6. The summed E-state index contributed by atoms with van der Waals surface area (Å²) in [6, 6.07) is 13.1. The van der Waals surface area contributed by atoms with E-state index >= 15 is 0 Å². The van der Waals surface area contributed by atoms with Crippen LogP contribution in [0.1, 0.15) is 16.7 Å².